The van der Waals surface area contributed by atoms with Crippen LogP contribution in [0.2, 0.25) is 0 Å². The van der Waals surface area contributed by atoms with Crippen molar-refractivity contribution in [3.05, 3.63) is 0 Å². The number of ether oxygens (including phenoxy) is 1. The number of hydrogen-bond acceptors (Lipinski definition) is 5. The molecule has 106 valence electrons. The van der Waals surface area contributed by atoms with Gasteiger partial charge in [-0.2, -0.15) is 0 Å². The molecule has 2 fully saturated rings. The Hall–Kier alpha value is -1.47. The first-order valence-electron chi connectivity index (χ1n) is 6.40. The number of likely N-dealkylation sites (tertiary alicyclic amines) is 1. The van der Waals surface area contributed by atoms with E-state index in [0.29, 0.717) is 13.0 Å². The minimum absolute atomic E-state index is 0.0639. The molecule has 2 saturated heterocycles. The molecule has 2 aliphatic rings. The third-order valence-electron chi connectivity index (χ3n) is 3.41. The molecule has 0 aromatic heterocycles. The van der Waals surface area contributed by atoms with Gasteiger partial charge >= 0.3 is 0 Å². The fraction of sp³-hybridized carbons (Fsp3) is 0.750. The summed E-state index contributed by atoms with van der Waals surface area (Å²) in [5.74, 6) is -0.728. The van der Waals surface area contributed by atoms with E-state index in [1.54, 1.807) is 0 Å². The Bertz CT molecular complexity index is 374. The van der Waals surface area contributed by atoms with Crippen LogP contribution in [0.15, 0.2) is 0 Å². The average molecular weight is 270 g/mol. The molecule has 7 nitrogen and oxygen atoms in total. The normalized spacial score (nSPS) is 27.1. The van der Waals surface area contributed by atoms with Crippen LogP contribution in [0, 0.1) is 0 Å². The van der Waals surface area contributed by atoms with Gasteiger partial charge in [-0.3, -0.25) is 19.3 Å². The van der Waals surface area contributed by atoms with Gasteiger partial charge < -0.3 is 15.2 Å². The number of imide groups is 1. The zero-order chi connectivity index (χ0) is 13.9. The lowest BCUT2D eigenvalue weighted by molar-refractivity contribution is -0.138. The molecular weight excluding hydrogens is 252 g/mol. The van der Waals surface area contributed by atoms with Crippen molar-refractivity contribution >= 4 is 17.7 Å². The van der Waals surface area contributed by atoms with Crippen LogP contribution in [-0.4, -0.2) is 59.6 Å². The molecule has 1 atom stereocenters. The van der Waals surface area contributed by atoms with Gasteiger partial charge in [-0.15, -0.1) is 0 Å². The minimum atomic E-state index is -0.991. The summed E-state index contributed by atoms with van der Waals surface area (Å²) in [6.07, 6.45) is 1.03. The van der Waals surface area contributed by atoms with Crippen LogP contribution in [-0.2, 0) is 19.1 Å². The van der Waals surface area contributed by atoms with Crippen molar-refractivity contribution in [2.24, 2.45) is 0 Å². The lowest BCUT2D eigenvalue weighted by Crippen LogP contribution is -2.44. The predicted molar refractivity (Wildman–Crippen MR) is 64.0 cm³/mol. The van der Waals surface area contributed by atoms with E-state index >= 15 is 0 Å². The molecule has 2 N–H and O–H groups in total. The topological polar surface area (TPSA) is 95.9 Å². The van der Waals surface area contributed by atoms with E-state index < -0.39 is 5.60 Å². The van der Waals surface area contributed by atoms with E-state index in [2.05, 4.69) is 5.32 Å². The number of carbonyl (C=O) groups excluding carboxylic acids is 3. The van der Waals surface area contributed by atoms with Crippen molar-refractivity contribution in [3.63, 3.8) is 0 Å². The van der Waals surface area contributed by atoms with Gasteiger partial charge in [0.05, 0.1) is 6.61 Å². The molecule has 19 heavy (non-hydrogen) atoms. The monoisotopic (exact) mass is 270 g/mol. The van der Waals surface area contributed by atoms with Crippen molar-refractivity contribution in [2.75, 3.05) is 26.3 Å². The van der Waals surface area contributed by atoms with Gasteiger partial charge in [-0.25, -0.2) is 0 Å². The molecule has 1 unspecified atom stereocenters. The highest BCUT2D eigenvalue weighted by atomic mass is 16.5. The number of nitrogens with zero attached hydrogens (tertiary/aromatic N) is 1. The Balaban J connectivity index is 1.70. The quantitative estimate of drug-likeness (QED) is 0.611. The zero-order valence-corrected chi connectivity index (χ0v) is 10.7. The first-order chi connectivity index (χ1) is 9.00. The molecule has 0 aromatic rings. The lowest BCUT2D eigenvalue weighted by Gasteiger charge is -2.21. The van der Waals surface area contributed by atoms with E-state index in [4.69, 9.17) is 4.74 Å². The molecule has 0 bridgehead atoms. The molecule has 0 spiro atoms. The molecular formula is C12H18N2O5. The van der Waals surface area contributed by atoms with Gasteiger partial charge in [0.1, 0.15) is 5.60 Å². The molecule has 2 heterocycles. The fourth-order valence-corrected chi connectivity index (χ4v) is 2.17. The zero-order valence-electron chi connectivity index (χ0n) is 10.7. The second-order valence-electron chi connectivity index (χ2n) is 4.99. The maximum atomic E-state index is 11.6. The van der Waals surface area contributed by atoms with Crippen LogP contribution in [0.25, 0.3) is 0 Å². The Labute approximate surface area is 110 Å². The van der Waals surface area contributed by atoms with Gasteiger partial charge in [0.25, 0.3) is 0 Å². The Kier molecular flexibility index (Phi) is 4.16. The number of amides is 3. The van der Waals surface area contributed by atoms with Crippen LogP contribution in [0.3, 0.4) is 0 Å². The van der Waals surface area contributed by atoms with E-state index in [1.165, 1.54) is 0 Å². The standard InChI is InChI=1S/C12H18N2O5/c15-9(13-7-12(18)4-6-19-8-12)3-5-14-10(16)1-2-11(14)17/h18H,1-8H2,(H,13,15). The molecule has 0 saturated carbocycles. The second-order valence-corrected chi connectivity index (χ2v) is 4.99. The first-order valence-corrected chi connectivity index (χ1v) is 6.40. The summed E-state index contributed by atoms with van der Waals surface area (Å²) >= 11 is 0. The third kappa shape index (κ3) is 3.51. The van der Waals surface area contributed by atoms with Gasteiger partial charge in [-0.1, -0.05) is 0 Å². The average Bonchev–Trinajstić information content (AvgIpc) is 2.93. The van der Waals surface area contributed by atoms with Crippen molar-refractivity contribution in [2.45, 2.75) is 31.3 Å². The van der Waals surface area contributed by atoms with Crippen LogP contribution in [0.1, 0.15) is 25.7 Å². The van der Waals surface area contributed by atoms with Crippen molar-refractivity contribution < 1.29 is 24.2 Å². The summed E-state index contributed by atoms with van der Waals surface area (Å²) in [4.78, 5) is 35.4. The Morgan fingerprint density at radius 1 is 1.37 bits per heavy atom. The summed E-state index contributed by atoms with van der Waals surface area (Å²) in [6.45, 7) is 0.950. The number of nitrogens with one attached hydrogen (secondary N) is 1. The maximum Gasteiger partial charge on any atom is 0.229 e. The van der Waals surface area contributed by atoms with E-state index in [1.807, 2.05) is 0 Å². The van der Waals surface area contributed by atoms with E-state index in [9.17, 15) is 19.5 Å². The Morgan fingerprint density at radius 3 is 2.63 bits per heavy atom. The number of carbonyl (C=O) groups is 3. The van der Waals surface area contributed by atoms with Gasteiger partial charge in [0.15, 0.2) is 0 Å². The van der Waals surface area contributed by atoms with Crippen molar-refractivity contribution in [1.29, 1.82) is 0 Å². The molecule has 0 radical (unpaired) electrons. The SMILES string of the molecule is O=C(CCN1C(=O)CCC1=O)NCC1(O)CCOC1. The highest BCUT2D eigenvalue weighted by Gasteiger charge is 2.33. The maximum absolute atomic E-state index is 11.6. The highest BCUT2D eigenvalue weighted by Crippen LogP contribution is 2.17. The number of hydrogen-bond donors (Lipinski definition) is 2. The molecule has 7 heteroatoms. The molecule has 0 aliphatic carbocycles. The minimum Gasteiger partial charge on any atom is -0.386 e. The highest BCUT2D eigenvalue weighted by molar-refractivity contribution is 6.02. The van der Waals surface area contributed by atoms with Gasteiger partial charge in [-0.05, 0) is 0 Å². The fourth-order valence-electron chi connectivity index (χ4n) is 2.17. The smallest absolute Gasteiger partial charge is 0.229 e. The van der Waals surface area contributed by atoms with E-state index in [-0.39, 0.29) is 56.7 Å². The molecule has 3 amide bonds. The van der Waals surface area contributed by atoms with Crippen molar-refractivity contribution in [3.8, 4) is 0 Å². The van der Waals surface area contributed by atoms with Crippen LogP contribution in [0.5, 0.6) is 0 Å². The van der Waals surface area contributed by atoms with Crippen molar-refractivity contribution in [1.82, 2.24) is 10.2 Å². The summed E-state index contributed by atoms with van der Waals surface area (Å²) < 4.78 is 5.06. The largest absolute Gasteiger partial charge is 0.386 e. The third-order valence-corrected chi connectivity index (χ3v) is 3.41. The van der Waals surface area contributed by atoms with Crippen LogP contribution >= 0.6 is 0 Å². The lowest BCUT2D eigenvalue weighted by atomic mass is 10.0. The van der Waals surface area contributed by atoms with Gasteiger partial charge in [0.2, 0.25) is 17.7 Å². The molecule has 2 rings (SSSR count). The Morgan fingerprint density at radius 2 is 2.05 bits per heavy atom. The predicted octanol–water partition coefficient (Wildman–Crippen LogP) is -1.21. The summed E-state index contributed by atoms with van der Waals surface area (Å²) in [6, 6.07) is 0. The molecule has 2 aliphatic heterocycles. The number of rotatable bonds is 5. The summed E-state index contributed by atoms with van der Waals surface area (Å²) in [7, 11) is 0. The van der Waals surface area contributed by atoms with E-state index in [0.717, 1.165) is 4.90 Å². The van der Waals surface area contributed by atoms with Gasteiger partial charge in [0, 0.05) is 45.4 Å². The first kappa shape index (κ1) is 14.0. The van der Waals surface area contributed by atoms with Crippen LogP contribution < -0.4 is 5.32 Å². The summed E-state index contributed by atoms with van der Waals surface area (Å²) in [5.41, 5.74) is -0.991. The second kappa shape index (κ2) is 5.66. The number of aliphatic hydroxyl groups is 1. The summed E-state index contributed by atoms with van der Waals surface area (Å²) in [5, 5.41) is 12.5. The molecule has 0 aromatic carbocycles. The van der Waals surface area contributed by atoms with Crippen LogP contribution in [0.4, 0.5) is 0 Å².